The topological polar surface area (TPSA) is 91.0 Å². The molecule has 0 saturated carbocycles. The number of hydrogen-bond acceptors (Lipinski definition) is 4. The maximum Gasteiger partial charge on any atom is 0.311 e. The predicted molar refractivity (Wildman–Crippen MR) is 102 cm³/mol. The number of rotatable bonds is 2. The van der Waals surface area contributed by atoms with Crippen LogP contribution in [0.25, 0.3) is 0 Å². The van der Waals surface area contributed by atoms with Crippen molar-refractivity contribution in [1.29, 1.82) is 5.26 Å². The lowest BCUT2D eigenvalue weighted by molar-refractivity contribution is -0.147. The van der Waals surface area contributed by atoms with E-state index in [0.29, 0.717) is 18.7 Å². The highest BCUT2D eigenvalue weighted by atomic mass is 16.2. The van der Waals surface area contributed by atoms with Crippen LogP contribution in [0.3, 0.4) is 0 Å². The number of fused-ring (bicyclic) bond motifs is 1. The molecule has 7 nitrogen and oxygen atoms in total. The maximum atomic E-state index is 12.6. The first kappa shape index (κ1) is 18.2. The number of aryl methyl sites for hydroxylation is 2. The van der Waals surface area contributed by atoms with E-state index in [4.69, 9.17) is 5.26 Å². The molecule has 2 aromatic rings. The number of piperidine rings is 1. The predicted octanol–water partition coefficient (Wildman–Crippen LogP) is 2.03. The van der Waals surface area contributed by atoms with Gasteiger partial charge in [-0.05, 0) is 61.4 Å². The fourth-order valence-corrected chi connectivity index (χ4v) is 4.17. The first-order valence-corrected chi connectivity index (χ1v) is 9.68. The molecule has 4 rings (SSSR count). The van der Waals surface area contributed by atoms with E-state index in [0.717, 1.165) is 42.4 Å². The summed E-state index contributed by atoms with van der Waals surface area (Å²) in [4.78, 5) is 26.7. The Hall–Kier alpha value is -3.14. The van der Waals surface area contributed by atoms with E-state index in [1.54, 1.807) is 11.0 Å². The molecular formula is C21H23N5O2. The highest BCUT2D eigenvalue weighted by Gasteiger charge is 2.31. The molecule has 1 aromatic carbocycles. The molecule has 0 radical (unpaired) electrons. The lowest BCUT2D eigenvalue weighted by Crippen LogP contribution is -2.47. The lowest BCUT2D eigenvalue weighted by Gasteiger charge is -2.32. The molecule has 1 unspecified atom stereocenters. The van der Waals surface area contributed by atoms with Crippen LogP contribution in [0.15, 0.2) is 30.6 Å². The third-order valence-corrected chi connectivity index (χ3v) is 5.71. The molecule has 1 fully saturated rings. The monoisotopic (exact) mass is 377 g/mol. The van der Waals surface area contributed by atoms with Gasteiger partial charge in [0.05, 0.1) is 29.9 Å². The van der Waals surface area contributed by atoms with E-state index >= 15 is 0 Å². The smallest absolute Gasteiger partial charge is 0.311 e. The van der Waals surface area contributed by atoms with E-state index in [1.165, 1.54) is 0 Å². The Balaban J connectivity index is 1.34. The summed E-state index contributed by atoms with van der Waals surface area (Å²) in [6.45, 7) is 3.13. The van der Waals surface area contributed by atoms with Crippen molar-refractivity contribution in [3.05, 3.63) is 52.8 Å². The van der Waals surface area contributed by atoms with Gasteiger partial charge in [-0.15, -0.1) is 0 Å². The van der Waals surface area contributed by atoms with Gasteiger partial charge in [0.1, 0.15) is 0 Å². The summed E-state index contributed by atoms with van der Waals surface area (Å²) in [6, 6.07) is 7.75. The number of nitriles is 1. The van der Waals surface area contributed by atoms with Crippen LogP contribution in [0.2, 0.25) is 0 Å². The van der Waals surface area contributed by atoms with Crippen molar-refractivity contribution in [2.45, 2.75) is 44.7 Å². The Bertz CT molecular complexity index is 950. The van der Waals surface area contributed by atoms with E-state index in [1.807, 2.05) is 36.1 Å². The van der Waals surface area contributed by atoms with Crippen LogP contribution >= 0.6 is 0 Å². The van der Waals surface area contributed by atoms with E-state index in [9.17, 15) is 9.59 Å². The number of benzene rings is 1. The van der Waals surface area contributed by atoms with Gasteiger partial charge in [-0.2, -0.15) is 10.4 Å². The van der Waals surface area contributed by atoms with Gasteiger partial charge < -0.3 is 10.2 Å². The molecular weight excluding hydrogens is 354 g/mol. The van der Waals surface area contributed by atoms with Crippen LogP contribution in [0.5, 0.6) is 0 Å². The van der Waals surface area contributed by atoms with E-state index in [-0.39, 0.29) is 12.1 Å². The Labute approximate surface area is 163 Å². The van der Waals surface area contributed by atoms with Gasteiger partial charge in [0.15, 0.2) is 0 Å². The summed E-state index contributed by atoms with van der Waals surface area (Å²) < 4.78 is 1.96. The molecule has 2 heterocycles. The molecule has 2 aliphatic rings. The Morgan fingerprint density at radius 2 is 2.04 bits per heavy atom. The summed E-state index contributed by atoms with van der Waals surface area (Å²) in [5.41, 5.74) is 3.83. The molecule has 2 amide bonds. The molecule has 1 saturated heterocycles. The highest BCUT2D eigenvalue weighted by Crippen LogP contribution is 2.31. The second-order valence-corrected chi connectivity index (χ2v) is 7.61. The average Bonchev–Trinajstić information content (AvgIpc) is 3.33. The van der Waals surface area contributed by atoms with Gasteiger partial charge >= 0.3 is 11.8 Å². The second-order valence-electron chi connectivity index (χ2n) is 7.61. The van der Waals surface area contributed by atoms with Gasteiger partial charge in [0, 0.05) is 19.3 Å². The number of nitrogens with one attached hydrogen (secondary N) is 1. The van der Waals surface area contributed by atoms with Gasteiger partial charge in [-0.3, -0.25) is 14.3 Å². The van der Waals surface area contributed by atoms with Gasteiger partial charge in [-0.1, -0.05) is 6.07 Å². The summed E-state index contributed by atoms with van der Waals surface area (Å²) in [5, 5.41) is 16.3. The van der Waals surface area contributed by atoms with E-state index in [2.05, 4.69) is 16.5 Å². The van der Waals surface area contributed by atoms with Crippen molar-refractivity contribution in [2.24, 2.45) is 0 Å². The summed E-state index contributed by atoms with van der Waals surface area (Å²) in [5.74, 6) is -1.01. The quantitative estimate of drug-likeness (QED) is 0.811. The summed E-state index contributed by atoms with van der Waals surface area (Å²) in [7, 11) is 0. The first-order valence-electron chi connectivity index (χ1n) is 9.68. The second kappa shape index (κ2) is 7.47. The third-order valence-electron chi connectivity index (χ3n) is 5.71. The van der Waals surface area contributed by atoms with Crippen molar-refractivity contribution in [3.63, 3.8) is 0 Å². The minimum Gasteiger partial charge on any atom is -0.341 e. The Morgan fingerprint density at radius 1 is 1.25 bits per heavy atom. The average molecular weight is 377 g/mol. The number of hydrogen-bond donors (Lipinski definition) is 1. The SMILES string of the molecule is Cc1cnn(C2CCN(C(=O)C(=O)NC3CCc4cc(C#N)ccc43)CC2)c1. The van der Waals surface area contributed by atoms with Crippen LogP contribution in [0, 0.1) is 18.3 Å². The molecule has 28 heavy (non-hydrogen) atoms. The Morgan fingerprint density at radius 3 is 2.71 bits per heavy atom. The number of likely N-dealkylation sites (tertiary alicyclic amines) is 1. The van der Waals surface area contributed by atoms with Crippen molar-refractivity contribution >= 4 is 11.8 Å². The van der Waals surface area contributed by atoms with Gasteiger partial charge in [0.25, 0.3) is 0 Å². The largest absolute Gasteiger partial charge is 0.341 e. The minimum atomic E-state index is -0.546. The zero-order valence-electron chi connectivity index (χ0n) is 15.9. The van der Waals surface area contributed by atoms with Crippen molar-refractivity contribution < 1.29 is 9.59 Å². The zero-order chi connectivity index (χ0) is 19.7. The molecule has 0 spiro atoms. The summed E-state index contributed by atoms with van der Waals surface area (Å²) >= 11 is 0. The molecule has 7 heteroatoms. The van der Waals surface area contributed by atoms with Gasteiger partial charge in [0.2, 0.25) is 0 Å². The number of carbonyl (C=O) groups excluding carboxylic acids is 2. The van der Waals surface area contributed by atoms with Crippen LogP contribution in [-0.2, 0) is 16.0 Å². The number of carbonyl (C=O) groups is 2. The van der Waals surface area contributed by atoms with Crippen molar-refractivity contribution in [1.82, 2.24) is 20.0 Å². The fraction of sp³-hybridized carbons (Fsp3) is 0.429. The fourth-order valence-electron chi connectivity index (χ4n) is 4.17. The zero-order valence-corrected chi connectivity index (χ0v) is 15.9. The van der Waals surface area contributed by atoms with Crippen LogP contribution in [-0.4, -0.2) is 39.6 Å². The third kappa shape index (κ3) is 3.50. The number of nitrogens with zero attached hydrogens (tertiary/aromatic N) is 4. The first-order chi connectivity index (χ1) is 13.5. The lowest BCUT2D eigenvalue weighted by atomic mass is 10.0. The molecule has 1 aliphatic heterocycles. The van der Waals surface area contributed by atoms with Crippen LogP contribution in [0.4, 0.5) is 0 Å². The Kier molecular flexibility index (Phi) is 4.86. The highest BCUT2D eigenvalue weighted by molar-refractivity contribution is 6.35. The minimum absolute atomic E-state index is 0.163. The van der Waals surface area contributed by atoms with Crippen molar-refractivity contribution in [2.75, 3.05) is 13.1 Å². The normalized spacial score (nSPS) is 19.1. The molecule has 1 aromatic heterocycles. The summed E-state index contributed by atoms with van der Waals surface area (Å²) in [6.07, 6.45) is 7.00. The van der Waals surface area contributed by atoms with E-state index < -0.39 is 11.8 Å². The van der Waals surface area contributed by atoms with Crippen molar-refractivity contribution in [3.8, 4) is 6.07 Å². The molecule has 1 atom stereocenters. The van der Waals surface area contributed by atoms with Crippen LogP contribution in [0.1, 0.15) is 53.6 Å². The number of aromatic nitrogens is 2. The number of amides is 2. The maximum absolute atomic E-state index is 12.6. The van der Waals surface area contributed by atoms with Crippen LogP contribution < -0.4 is 5.32 Å². The van der Waals surface area contributed by atoms with Gasteiger partial charge in [-0.25, -0.2) is 0 Å². The molecule has 144 valence electrons. The molecule has 1 aliphatic carbocycles. The molecule has 1 N–H and O–H groups in total. The standard InChI is InChI=1S/C21H23N5O2/c1-14-12-23-26(13-14)17-6-8-25(9-7-17)21(28)20(27)24-19-5-3-16-10-15(11-22)2-4-18(16)19/h2,4,10,12-13,17,19H,3,5-9H2,1H3,(H,24,27). The molecule has 0 bridgehead atoms.